The Morgan fingerprint density at radius 1 is 1.26 bits per heavy atom. The minimum atomic E-state index is 0.0334. The molecule has 3 aromatic rings. The van der Waals surface area contributed by atoms with Gasteiger partial charge < -0.3 is 9.47 Å². The molecular weight excluding hydrogens is 354 g/mol. The van der Waals surface area contributed by atoms with E-state index in [1.54, 1.807) is 6.33 Å². The number of imidazole rings is 1. The van der Waals surface area contributed by atoms with Crippen LogP contribution in [0.3, 0.4) is 0 Å². The molecule has 0 fully saturated rings. The van der Waals surface area contributed by atoms with E-state index in [-0.39, 0.29) is 11.9 Å². The van der Waals surface area contributed by atoms with Gasteiger partial charge in [0, 0.05) is 28.8 Å². The third kappa shape index (κ3) is 2.27. The van der Waals surface area contributed by atoms with Crippen LogP contribution in [0, 0.1) is 0 Å². The molecule has 0 unspecified atom stereocenters. The van der Waals surface area contributed by atoms with E-state index >= 15 is 0 Å². The molecule has 0 bridgehead atoms. The summed E-state index contributed by atoms with van der Waals surface area (Å²) in [5.74, 6) is 0.0334. The Bertz CT molecular complexity index is 931. The highest BCUT2D eigenvalue weighted by molar-refractivity contribution is 9.10. The average molecular weight is 370 g/mol. The van der Waals surface area contributed by atoms with Crippen molar-refractivity contribution in [1.82, 2.24) is 9.55 Å². The van der Waals surface area contributed by atoms with Crippen LogP contribution in [0.5, 0.6) is 0 Å². The van der Waals surface area contributed by atoms with Crippen molar-refractivity contribution in [3.8, 4) is 0 Å². The van der Waals surface area contributed by atoms with Crippen molar-refractivity contribution in [3.63, 3.8) is 0 Å². The molecular formula is C18H16BrN3O. The molecule has 4 rings (SSSR count). The molecule has 1 atom stereocenters. The van der Waals surface area contributed by atoms with E-state index in [9.17, 15) is 4.79 Å². The number of hydrogen-bond donors (Lipinski definition) is 0. The molecule has 0 saturated carbocycles. The molecule has 116 valence electrons. The van der Waals surface area contributed by atoms with E-state index in [1.165, 1.54) is 5.56 Å². The maximum atomic E-state index is 13.0. The fraction of sp³-hybridized carbons (Fsp3) is 0.222. The summed E-state index contributed by atoms with van der Waals surface area (Å²) in [6.07, 6.45) is 2.65. The number of anilines is 1. The zero-order valence-corrected chi connectivity index (χ0v) is 14.5. The van der Waals surface area contributed by atoms with Gasteiger partial charge in [-0.3, -0.25) is 4.79 Å². The van der Waals surface area contributed by atoms with Crippen LogP contribution in [0.25, 0.3) is 11.0 Å². The molecule has 23 heavy (non-hydrogen) atoms. The van der Waals surface area contributed by atoms with Crippen molar-refractivity contribution in [2.45, 2.75) is 19.4 Å². The topological polar surface area (TPSA) is 38.1 Å². The van der Waals surface area contributed by atoms with Crippen molar-refractivity contribution in [2.24, 2.45) is 7.05 Å². The Morgan fingerprint density at radius 3 is 2.91 bits per heavy atom. The molecule has 2 heterocycles. The van der Waals surface area contributed by atoms with Gasteiger partial charge in [-0.1, -0.05) is 15.9 Å². The van der Waals surface area contributed by atoms with Gasteiger partial charge in [-0.25, -0.2) is 4.98 Å². The number of halogens is 1. The van der Waals surface area contributed by atoms with Gasteiger partial charge >= 0.3 is 0 Å². The molecule has 4 nitrogen and oxygen atoms in total. The fourth-order valence-electron chi connectivity index (χ4n) is 3.32. The fourth-order valence-corrected chi connectivity index (χ4v) is 3.73. The van der Waals surface area contributed by atoms with Crippen LogP contribution in [0.15, 0.2) is 47.2 Å². The number of carbonyl (C=O) groups is 1. The molecule has 1 aromatic heterocycles. The standard InChI is InChI=1S/C18H16BrN3O/c1-11-7-13-8-14(19)4-6-16(13)22(11)18(23)12-3-5-17-15(9-12)20-10-21(17)2/h3-6,8-11H,7H2,1-2H3/t11-/m1/s1. The second-order valence-corrected chi connectivity index (χ2v) is 6.98. The van der Waals surface area contributed by atoms with E-state index in [0.717, 1.165) is 27.6 Å². The molecule has 0 radical (unpaired) electrons. The number of fused-ring (bicyclic) bond motifs is 2. The lowest BCUT2D eigenvalue weighted by Gasteiger charge is -2.23. The van der Waals surface area contributed by atoms with Gasteiger partial charge in [0.05, 0.1) is 17.4 Å². The first-order valence-corrected chi connectivity index (χ1v) is 8.37. The lowest BCUT2D eigenvalue weighted by molar-refractivity contribution is 0.0981. The molecule has 1 aliphatic heterocycles. The smallest absolute Gasteiger partial charge is 0.258 e. The van der Waals surface area contributed by atoms with Crippen LogP contribution in [-0.4, -0.2) is 21.5 Å². The van der Waals surface area contributed by atoms with Crippen molar-refractivity contribution >= 4 is 38.6 Å². The quantitative estimate of drug-likeness (QED) is 0.651. The van der Waals surface area contributed by atoms with Crippen LogP contribution < -0.4 is 4.90 Å². The van der Waals surface area contributed by atoms with Crippen LogP contribution in [-0.2, 0) is 13.5 Å². The number of aromatic nitrogens is 2. The maximum absolute atomic E-state index is 13.0. The van der Waals surface area contributed by atoms with Crippen molar-refractivity contribution in [2.75, 3.05) is 4.90 Å². The number of carbonyl (C=O) groups excluding carboxylic acids is 1. The Morgan fingerprint density at radius 2 is 2.09 bits per heavy atom. The van der Waals surface area contributed by atoms with Crippen LogP contribution in [0.1, 0.15) is 22.8 Å². The monoisotopic (exact) mass is 369 g/mol. The number of amides is 1. The van der Waals surface area contributed by atoms with E-state index < -0.39 is 0 Å². The van der Waals surface area contributed by atoms with E-state index in [2.05, 4.69) is 33.9 Å². The Labute approximate surface area is 142 Å². The summed E-state index contributed by atoms with van der Waals surface area (Å²) in [7, 11) is 1.95. The van der Waals surface area contributed by atoms with E-state index in [1.807, 2.05) is 46.8 Å². The van der Waals surface area contributed by atoms with Crippen molar-refractivity contribution in [1.29, 1.82) is 0 Å². The van der Waals surface area contributed by atoms with Crippen LogP contribution >= 0.6 is 15.9 Å². The number of nitrogens with zero attached hydrogens (tertiary/aromatic N) is 3. The summed E-state index contributed by atoms with van der Waals surface area (Å²) in [6, 6.07) is 12.0. The van der Waals surface area contributed by atoms with Gasteiger partial charge in [0.1, 0.15) is 0 Å². The molecule has 2 aromatic carbocycles. The molecule has 0 spiro atoms. The van der Waals surface area contributed by atoms with Crippen molar-refractivity contribution < 1.29 is 4.79 Å². The first kappa shape index (κ1) is 14.5. The lowest BCUT2D eigenvalue weighted by atomic mass is 10.1. The molecule has 0 aliphatic carbocycles. The summed E-state index contributed by atoms with van der Waals surface area (Å²) < 4.78 is 3.00. The third-order valence-electron chi connectivity index (χ3n) is 4.45. The van der Waals surface area contributed by atoms with Gasteiger partial charge in [0.2, 0.25) is 0 Å². The zero-order valence-electron chi connectivity index (χ0n) is 13.0. The van der Waals surface area contributed by atoms with Gasteiger partial charge in [-0.2, -0.15) is 0 Å². The Kier molecular flexibility index (Phi) is 3.27. The number of aryl methyl sites for hydroxylation is 1. The van der Waals surface area contributed by atoms with Gasteiger partial charge in [0.15, 0.2) is 0 Å². The second kappa shape index (κ2) is 5.20. The number of rotatable bonds is 1. The minimum Gasteiger partial charge on any atom is -0.334 e. The predicted molar refractivity (Wildman–Crippen MR) is 94.8 cm³/mol. The Hall–Kier alpha value is -2.14. The average Bonchev–Trinajstić information content (AvgIpc) is 3.05. The largest absolute Gasteiger partial charge is 0.334 e. The molecule has 1 amide bonds. The van der Waals surface area contributed by atoms with Gasteiger partial charge in [-0.05, 0) is 55.3 Å². The molecule has 0 N–H and O–H groups in total. The SMILES string of the molecule is C[C@@H]1Cc2cc(Br)ccc2N1C(=O)c1ccc2c(c1)ncn2C. The minimum absolute atomic E-state index is 0.0334. The molecule has 0 saturated heterocycles. The third-order valence-corrected chi connectivity index (χ3v) is 4.94. The van der Waals surface area contributed by atoms with Gasteiger partial charge in [0.25, 0.3) is 5.91 Å². The highest BCUT2D eigenvalue weighted by Crippen LogP contribution is 2.35. The van der Waals surface area contributed by atoms with Crippen LogP contribution in [0.2, 0.25) is 0 Å². The first-order valence-electron chi connectivity index (χ1n) is 7.57. The number of hydrogen-bond acceptors (Lipinski definition) is 2. The summed E-state index contributed by atoms with van der Waals surface area (Å²) in [5, 5.41) is 0. The van der Waals surface area contributed by atoms with Crippen molar-refractivity contribution in [3.05, 3.63) is 58.3 Å². The van der Waals surface area contributed by atoms with Crippen LogP contribution in [0.4, 0.5) is 5.69 Å². The first-order chi connectivity index (χ1) is 11.0. The zero-order chi connectivity index (χ0) is 16.1. The second-order valence-electron chi connectivity index (χ2n) is 6.06. The summed E-state index contributed by atoms with van der Waals surface area (Å²) >= 11 is 3.50. The summed E-state index contributed by atoms with van der Waals surface area (Å²) in [6.45, 7) is 2.09. The summed E-state index contributed by atoms with van der Waals surface area (Å²) in [4.78, 5) is 19.3. The highest BCUT2D eigenvalue weighted by Gasteiger charge is 2.31. The lowest BCUT2D eigenvalue weighted by Crippen LogP contribution is -2.35. The maximum Gasteiger partial charge on any atom is 0.258 e. The molecule has 1 aliphatic rings. The normalized spacial score (nSPS) is 16.8. The number of benzene rings is 2. The summed E-state index contributed by atoms with van der Waals surface area (Å²) in [5.41, 5.74) is 4.77. The van der Waals surface area contributed by atoms with E-state index in [0.29, 0.717) is 5.56 Å². The van der Waals surface area contributed by atoms with E-state index in [4.69, 9.17) is 0 Å². The predicted octanol–water partition coefficient (Wildman–Crippen LogP) is 3.93. The Balaban J connectivity index is 1.76. The highest BCUT2D eigenvalue weighted by atomic mass is 79.9. The molecule has 5 heteroatoms. The van der Waals surface area contributed by atoms with Gasteiger partial charge in [-0.15, -0.1) is 0 Å².